The molecule has 1 amide bonds. The van der Waals surface area contributed by atoms with Gasteiger partial charge in [-0.05, 0) is 15.4 Å². The van der Waals surface area contributed by atoms with Gasteiger partial charge in [-0.3, -0.25) is 9.59 Å². The van der Waals surface area contributed by atoms with Gasteiger partial charge in [-0.15, -0.1) is 0 Å². The number of amides is 1. The molecular weight excluding hydrogens is 438 g/mol. The number of Topliss-reactive ketones (excluding diaryl/α,β-unsaturated/α-hetero) is 1. The van der Waals surface area contributed by atoms with Gasteiger partial charge in [0.1, 0.15) is 12.2 Å². The molecule has 0 aliphatic carbocycles. The van der Waals surface area contributed by atoms with Crippen molar-refractivity contribution in [1.29, 1.82) is 0 Å². The zero-order valence-electron chi connectivity index (χ0n) is 19.9. The second-order valence-corrected chi connectivity index (χ2v) is 13.1. The number of methoxy groups -OCH3 is 2. The van der Waals surface area contributed by atoms with Gasteiger partial charge in [-0.2, -0.15) is 0 Å². The molecule has 33 heavy (non-hydrogen) atoms. The van der Waals surface area contributed by atoms with Crippen molar-refractivity contribution >= 4 is 36.5 Å². The van der Waals surface area contributed by atoms with Crippen LogP contribution in [0.3, 0.4) is 0 Å². The molecule has 8 heteroatoms. The van der Waals surface area contributed by atoms with Gasteiger partial charge in [0, 0.05) is 6.42 Å². The predicted molar refractivity (Wildman–Crippen MR) is 129 cm³/mol. The van der Waals surface area contributed by atoms with E-state index >= 15 is 0 Å². The van der Waals surface area contributed by atoms with Crippen LogP contribution in [-0.4, -0.2) is 53.0 Å². The lowest BCUT2D eigenvalue weighted by Gasteiger charge is -2.43. The minimum absolute atomic E-state index is 0.0787. The number of benzene rings is 2. The summed E-state index contributed by atoms with van der Waals surface area (Å²) in [6.07, 6.45) is -1.12. The average molecular weight is 472 g/mol. The van der Waals surface area contributed by atoms with Gasteiger partial charge in [-0.25, -0.2) is 4.79 Å². The van der Waals surface area contributed by atoms with Crippen molar-refractivity contribution in [2.45, 2.75) is 44.7 Å². The standard InChI is InChI=1S/C25H33NO6Si/c1-25(2,3)33(21-12-8-6-9-13-21,22-14-10-7-11-15-22)32-18-19(26-24(29)31-5)16-20(27)17-23(28)30-4/h6-15,19H,16-18H2,1-5H3,(H,26,29)/t19-/m0/s1. The molecule has 1 N–H and O–H groups in total. The molecule has 0 saturated heterocycles. The average Bonchev–Trinajstić information content (AvgIpc) is 2.79. The first-order chi connectivity index (χ1) is 15.6. The lowest BCUT2D eigenvalue weighted by Crippen LogP contribution is -2.67. The van der Waals surface area contributed by atoms with Crippen molar-refractivity contribution in [3.05, 3.63) is 60.7 Å². The van der Waals surface area contributed by atoms with Gasteiger partial charge >= 0.3 is 12.1 Å². The summed E-state index contributed by atoms with van der Waals surface area (Å²) in [6.45, 7) is 6.51. The van der Waals surface area contributed by atoms with E-state index in [0.717, 1.165) is 10.4 Å². The molecule has 0 saturated carbocycles. The Morgan fingerprint density at radius 1 is 0.879 bits per heavy atom. The number of ketones is 1. The van der Waals surface area contributed by atoms with E-state index in [2.05, 4.69) is 55.1 Å². The topological polar surface area (TPSA) is 90.9 Å². The summed E-state index contributed by atoms with van der Waals surface area (Å²) in [5.41, 5.74) is 0. The Bertz CT molecular complexity index is 887. The molecule has 0 aliphatic heterocycles. The van der Waals surface area contributed by atoms with Crippen LogP contribution in [0.1, 0.15) is 33.6 Å². The molecular formula is C25H33NO6Si. The van der Waals surface area contributed by atoms with Gasteiger partial charge in [0.05, 0.1) is 26.9 Å². The minimum Gasteiger partial charge on any atom is -0.469 e. The summed E-state index contributed by atoms with van der Waals surface area (Å²) in [6, 6.07) is 19.5. The van der Waals surface area contributed by atoms with Crippen molar-refractivity contribution in [3.8, 4) is 0 Å². The summed E-state index contributed by atoms with van der Waals surface area (Å²) >= 11 is 0. The number of hydrogen-bond acceptors (Lipinski definition) is 6. The van der Waals surface area contributed by atoms with Crippen LogP contribution < -0.4 is 15.7 Å². The number of carbonyl (C=O) groups excluding carboxylic acids is 3. The highest BCUT2D eigenvalue weighted by molar-refractivity contribution is 6.99. The van der Waals surface area contributed by atoms with E-state index in [0.29, 0.717) is 0 Å². The fraction of sp³-hybridized carbons (Fsp3) is 0.400. The SMILES string of the molecule is COC(=O)CC(=O)C[C@@H](CO[Si](c1ccccc1)(c1ccccc1)C(C)(C)C)NC(=O)OC. The molecule has 1 atom stereocenters. The van der Waals surface area contributed by atoms with Crippen LogP contribution in [0.5, 0.6) is 0 Å². The molecule has 0 spiro atoms. The number of ether oxygens (including phenoxy) is 2. The fourth-order valence-electron chi connectivity index (χ4n) is 3.94. The molecule has 0 aliphatic rings. The second kappa shape index (κ2) is 11.8. The van der Waals surface area contributed by atoms with Crippen molar-refractivity contribution < 1.29 is 28.3 Å². The first-order valence-electron chi connectivity index (χ1n) is 10.8. The van der Waals surface area contributed by atoms with Gasteiger partial charge in [0.15, 0.2) is 0 Å². The van der Waals surface area contributed by atoms with E-state index in [1.165, 1.54) is 14.2 Å². The Kier molecular flexibility index (Phi) is 9.37. The smallest absolute Gasteiger partial charge is 0.407 e. The lowest BCUT2D eigenvalue weighted by atomic mass is 10.1. The van der Waals surface area contributed by atoms with E-state index in [1.54, 1.807) is 0 Å². The fourth-order valence-corrected chi connectivity index (χ4v) is 8.55. The second-order valence-electron chi connectivity index (χ2n) is 8.80. The molecule has 2 rings (SSSR count). The van der Waals surface area contributed by atoms with Crippen LogP contribution in [0.4, 0.5) is 4.79 Å². The predicted octanol–water partition coefficient (Wildman–Crippen LogP) is 2.81. The number of rotatable bonds is 10. The largest absolute Gasteiger partial charge is 0.469 e. The zero-order valence-corrected chi connectivity index (χ0v) is 20.9. The Balaban J connectivity index is 2.43. The van der Waals surface area contributed by atoms with Gasteiger partial charge < -0.3 is 19.2 Å². The van der Waals surface area contributed by atoms with Crippen molar-refractivity contribution in [3.63, 3.8) is 0 Å². The highest BCUT2D eigenvalue weighted by Crippen LogP contribution is 2.36. The normalized spacial score (nSPS) is 12.5. The summed E-state index contributed by atoms with van der Waals surface area (Å²) in [5.74, 6) is -0.973. The maximum Gasteiger partial charge on any atom is 0.407 e. The van der Waals surface area contributed by atoms with E-state index < -0.39 is 26.4 Å². The molecule has 0 unspecified atom stereocenters. The summed E-state index contributed by atoms with van der Waals surface area (Å²) < 4.78 is 16.1. The van der Waals surface area contributed by atoms with E-state index in [-0.39, 0.29) is 30.3 Å². The monoisotopic (exact) mass is 471 g/mol. The number of alkyl carbamates (subject to hydrolysis) is 1. The number of esters is 1. The third-order valence-corrected chi connectivity index (χ3v) is 10.5. The molecule has 2 aromatic carbocycles. The van der Waals surface area contributed by atoms with E-state index in [1.807, 2.05) is 36.4 Å². The number of carbonyl (C=O) groups is 3. The first kappa shape index (κ1) is 26.3. The minimum atomic E-state index is -2.86. The lowest BCUT2D eigenvalue weighted by molar-refractivity contribution is -0.143. The Hall–Kier alpha value is -2.97. The van der Waals surface area contributed by atoms with Gasteiger partial charge in [-0.1, -0.05) is 81.4 Å². The van der Waals surface area contributed by atoms with Crippen molar-refractivity contribution in [2.75, 3.05) is 20.8 Å². The first-order valence-corrected chi connectivity index (χ1v) is 12.7. The Morgan fingerprint density at radius 2 is 1.39 bits per heavy atom. The summed E-state index contributed by atoms with van der Waals surface area (Å²) in [4.78, 5) is 35.9. The van der Waals surface area contributed by atoms with Crippen LogP contribution in [0.2, 0.25) is 5.04 Å². The van der Waals surface area contributed by atoms with Crippen LogP contribution in [0.15, 0.2) is 60.7 Å². The van der Waals surface area contributed by atoms with Crippen LogP contribution in [0, 0.1) is 0 Å². The highest BCUT2D eigenvalue weighted by atomic mass is 28.4. The molecule has 7 nitrogen and oxygen atoms in total. The third-order valence-electron chi connectivity index (χ3n) is 5.47. The van der Waals surface area contributed by atoms with Gasteiger partial charge in [0.25, 0.3) is 8.32 Å². The quantitative estimate of drug-likeness (QED) is 0.326. The maximum absolute atomic E-state index is 12.4. The summed E-state index contributed by atoms with van der Waals surface area (Å²) in [7, 11) is -0.375. The molecule has 2 aromatic rings. The molecule has 0 heterocycles. The molecule has 0 radical (unpaired) electrons. The van der Waals surface area contributed by atoms with E-state index in [4.69, 9.17) is 9.16 Å². The zero-order chi connectivity index (χ0) is 24.5. The third kappa shape index (κ3) is 6.75. The summed E-state index contributed by atoms with van der Waals surface area (Å²) in [5, 5.41) is 4.59. The number of nitrogens with one attached hydrogen (secondary N) is 1. The van der Waals surface area contributed by atoms with Crippen molar-refractivity contribution in [1.82, 2.24) is 5.32 Å². The Morgan fingerprint density at radius 3 is 1.82 bits per heavy atom. The van der Waals surface area contributed by atoms with Crippen LogP contribution >= 0.6 is 0 Å². The van der Waals surface area contributed by atoms with Gasteiger partial charge in [0.2, 0.25) is 0 Å². The Labute approximate surface area is 196 Å². The highest BCUT2D eigenvalue weighted by Gasteiger charge is 2.50. The molecule has 0 aromatic heterocycles. The van der Waals surface area contributed by atoms with Crippen LogP contribution in [0.25, 0.3) is 0 Å². The maximum atomic E-state index is 12.4. The van der Waals surface area contributed by atoms with E-state index in [9.17, 15) is 14.4 Å². The van der Waals surface area contributed by atoms with Crippen molar-refractivity contribution in [2.24, 2.45) is 0 Å². The van der Waals surface area contributed by atoms with Crippen LogP contribution in [-0.2, 0) is 23.5 Å². The molecule has 178 valence electrons. The molecule has 0 fully saturated rings. The molecule has 0 bridgehead atoms. The number of hydrogen-bond donors (Lipinski definition) is 1.